The zero-order chi connectivity index (χ0) is 12.3. The van der Waals surface area contributed by atoms with Crippen molar-refractivity contribution in [3.8, 4) is 0 Å². The molecule has 1 aliphatic heterocycles. The van der Waals surface area contributed by atoms with E-state index >= 15 is 0 Å². The number of nitrogen functional groups attached to an aromatic ring is 1. The van der Waals surface area contributed by atoms with E-state index in [1.54, 1.807) is 12.3 Å². The molecule has 0 bridgehead atoms. The van der Waals surface area contributed by atoms with E-state index in [4.69, 9.17) is 17.3 Å². The number of rotatable bonds is 2. The first-order valence-corrected chi connectivity index (χ1v) is 6.78. The molecular formula is C13H20ClN3. The van der Waals surface area contributed by atoms with Crippen molar-refractivity contribution in [3.05, 3.63) is 17.3 Å². The fourth-order valence-electron chi connectivity index (χ4n) is 2.57. The molecule has 1 aromatic rings. The number of nitrogens with zero attached hydrogens (tertiary/aromatic N) is 2. The van der Waals surface area contributed by atoms with Gasteiger partial charge in [0.25, 0.3) is 0 Å². The molecule has 2 rings (SSSR count). The summed E-state index contributed by atoms with van der Waals surface area (Å²) in [4.78, 5) is 6.77. The van der Waals surface area contributed by atoms with Gasteiger partial charge in [0, 0.05) is 18.8 Å². The van der Waals surface area contributed by atoms with Crippen molar-refractivity contribution in [1.29, 1.82) is 0 Å². The highest BCUT2D eigenvalue weighted by molar-refractivity contribution is 6.30. The molecule has 0 saturated carbocycles. The Bertz CT molecular complexity index is 381. The molecule has 4 heteroatoms. The zero-order valence-corrected chi connectivity index (χ0v) is 11.1. The second-order valence-corrected chi connectivity index (χ2v) is 5.11. The molecule has 0 radical (unpaired) electrons. The Balaban J connectivity index is 2.28. The van der Waals surface area contributed by atoms with Gasteiger partial charge in [-0.2, -0.15) is 0 Å². The van der Waals surface area contributed by atoms with Crippen LogP contribution in [0.2, 0.25) is 5.02 Å². The van der Waals surface area contributed by atoms with Crippen molar-refractivity contribution < 1.29 is 0 Å². The van der Waals surface area contributed by atoms with Crippen LogP contribution in [0.25, 0.3) is 0 Å². The molecule has 0 amide bonds. The van der Waals surface area contributed by atoms with E-state index < -0.39 is 0 Å². The van der Waals surface area contributed by atoms with Crippen LogP contribution in [0.5, 0.6) is 0 Å². The Morgan fingerprint density at radius 1 is 1.47 bits per heavy atom. The number of hydrogen-bond donors (Lipinski definition) is 1. The predicted molar refractivity (Wildman–Crippen MR) is 73.6 cm³/mol. The molecule has 1 saturated heterocycles. The minimum atomic E-state index is 0.563. The van der Waals surface area contributed by atoms with Crippen LogP contribution >= 0.6 is 11.6 Å². The van der Waals surface area contributed by atoms with Gasteiger partial charge < -0.3 is 10.6 Å². The summed E-state index contributed by atoms with van der Waals surface area (Å²) in [6.07, 6.45) is 7.90. The van der Waals surface area contributed by atoms with Crippen LogP contribution in [0.1, 0.15) is 39.0 Å². The Morgan fingerprint density at radius 3 is 3.00 bits per heavy atom. The Labute approximate surface area is 108 Å². The number of anilines is 2. The Hall–Kier alpha value is -0.960. The lowest BCUT2D eigenvalue weighted by atomic mass is 10.1. The van der Waals surface area contributed by atoms with Gasteiger partial charge in [0.1, 0.15) is 0 Å². The maximum Gasteiger partial charge on any atom is 0.152 e. The van der Waals surface area contributed by atoms with Crippen molar-refractivity contribution in [1.82, 2.24) is 4.98 Å². The summed E-state index contributed by atoms with van der Waals surface area (Å²) in [5, 5.41) is 0.606. The minimum absolute atomic E-state index is 0.563. The van der Waals surface area contributed by atoms with Crippen LogP contribution in [0, 0.1) is 0 Å². The molecule has 1 fully saturated rings. The summed E-state index contributed by atoms with van der Waals surface area (Å²) in [6, 6.07) is 2.36. The van der Waals surface area contributed by atoms with E-state index in [0.29, 0.717) is 16.8 Å². The lowest BCUT2D eigenvalue weighted by Gasteiger charge is -2.31. The number of aromatic nitrogens is 1. The molecule has 1 aliphatic rings. The lowest BCUT2D eigenvalue weighted by molar-refractivity contribution is 0.553. The van der Waals surface area contributed by atoms with Gasteiger partial charge in [0.15, 0.2) is 5.82 Å². The normalized spacial score (nSPS) is 21.3. The minimum Gasteiger partial charge on any atom is -0.396 e. The van der Waals surface area contributed by atoms with E-state index in [0.717, 1.165) is 18.8 Å². The Morgan fingerprint density at radius 2 is 2.29 bits per heavy atom. The summed E-state index contributed by atoms with van der Waals surface area (Å²) < 4.78 is 0. The van der Waals surface area contributed by atoms with Gasteiger partial charge in [-0.3, -0.25) is 0 Å². The number of nitrogens with two attached hydrogens (primary N) is 1. The Kier molecular flexibility index (Phi) is 4.11. The van der Waals surface area contributed by atoms with Gasteiger partial charge in [-0.15, -0.1) is 0 Å². The van der Waals surface area contributed by atoms with Gasteiger partial charge in [-0.25, -0.2) is 4.98 Å². The van der Waals surface area contributed by atoms with Gasteiger partial charge in [0.2, 0.25) is 0 Å². The molecule has 1 atom stereocenters. The van der Waals surface area contributed by atoms with E-state index in [1.807, 2.05) is 0 Å². The van der Waals surface area contributed by atoms with Crippen molar-refractivity contribution >= 4 is 23.1 Å². The molecule has 1 unspecified atom stereocenters. The quantitative estimate of drug-likeness (QED) is 0.878. The molecule has 1 aromatic heterocycles. The van der Waals surface area contributed by atoms with Crippen molar-refractivity contribution in [2.45, 2.75) is 45.1 Å². The summed E-state index contributed by atoms with van der Waals surface area (Å²) >= 11 is 5.90. The molecule has 17 heavy (non-hydrogen) atoms. The fraction of sp³-hybridized carbons (Fsp3) is 0.615. The largest absolute Gasteiger partial charge is 0.396 e. The molecule has 0 spiro atoms. The highest BCUT2D eigenvalue weighted by Gasteiger charge is 2.22. The summed E-state index contributed by atoms with van der Waals surface area (Å²) in [7, 11) is 0. The van der Waals surface area contributed by atoms with Crippen LogP contribution in [-0.2, 0) is 0 Å². The maximum atomic E-state index is 6.03. The third-order valence-electron chi connectivity index (χ3n) is 3.48. The van der Waals surface area contributed by atoms with E-state index in [-0.39, 0.29) is 0 Å². The number of halogens is 1. The first-order valence-electron chi connectivity index (χ1n) is 6.40. The maximum absolute atomic E-state index is 6.03. The standard InChI is InChI=1S/C13H20ClN3/c1-2-11-6-4-3-5-7-17(11)13-12(15)8-10(14)9-16-13/h8-9,11H,2-7,15H2,1H3. The molecule has 94 valence electrons. The second kappa shape index (κ2) is 5.58. The first kappa shape index (κ1) is 12.5. The van der Waals surface area contributed by atoms with E-state index in [2.05, 4.69) is 16.8 Å². The smallest absolute Gasteiger partial charge is 0.152 e. The van der Waals surface area contributed by atoms with Gasteiger partial charge >= 0.3 is 0 Å². The third kappa shape index (κ3) is 2.83. The zero-order valence-electron chi connectivity index (χ0n) is 10.3. The third-order valence-corrected chi connectivity index (χ3v) is 3.69. The monoisotopic (exact) mass is 253 g/mol. The topological polar surface area (TPSA) is 42.2 Å². The van der Waals surface area contributed by atoms with Crippen molar-refractivity contribution in [2.75, 3.05) is 17.2 Å². The van der Waals surface area contributed by atoms with Crippen molar-refractivity contribution in [2.24, 2.45) is 0 Å². The summed E-state index contributed by atoms with van der Waals surface area (Å²) in [5.74, 6) is 0.906. The van der Waals surface area contributed by atoms with E-state index in [1.165, 1.54) is 25.7 Å². The highest BCUT2D eigenvalue weighted by Crippen LogP contribution is 2.29. The van der Waals surface area contributed by atoms with Gasteiger partial charge in [-0.1, -0.05) is 31.4 Å². The van der Waals surface area contributed by atoms with Crippen LogP contribution in [0.3, 0.4) is 0 Å². The molecule has 3 nitrogen and oxygen atoms in total. The average molecular weight is 254 g/mol. The summed E-state index contributed by atoms with van der Waals surface area (Å²) in [6.45, 7) is 3.28. The van der Waals surface area contributed by atoms with E-state index in [9.17, 15) is 0 Å². The highest BCUT2D eigenvalue weighted by atomic mass is 35.5. The van der Waals surface area contributed by atoms with Gasteiger partial charge in [0.05, 0.1) is 10.7 Å². The predicted octanol–water partition coefficient (Wildman–Crippen LogP) is 3.48. The molecule has 2 heterocycles. The van der Waals surface area contributed by atoms with Crippen LogP contribution < -0.4 is 10.6 Å². The van der Waals surface area contributed by atoms with Crippen LogP contribution in [0.4, 0.5) is 11.5 Å². The van der Waals surface area contributed by atoms with Crippen LogP contribution in [0.15, 0.2) is 12.3 Å². The van der Waals surface area contributed by atoms with Crippen molar-refractivity contribution in [3.63, 3.8) is 0 Å². The number of pyridine rings is 1. The number of hydrogen-bond acceptors (Lipinski definition) is 3. The van der Waals surface area contributed by atoms with Crippen LogP contribution in [-0.4, -0.2) is 17.6 Å². The van der Waals surface area contributed by atoms with Gasteiger partial charge in [-0.05, 0) is 25.3 Å². The lowest BCUT2D eigenvalue weighted by Crippen LogP contribution is -2.35. The molecule has 0 aliphatic carbocycles. The molecule has 2 N–H and O–H groups in total. The first-order chi connectivity index (χ1) is 8.22. The average Bonchev–Trinajstić information content (AvgIpc) is 2.54. The molecule has 0 aromatic carbocycles. The summed E-state index contributed by atoms with van der Waals surface area (Å²) in [5.41, 5.74) is 6.72. The fourth-order valence-corrected chi connectivity index (χ4v) is 2.73. The second-order valence-electron chi connectivity index (χ2n) is 4.67. The SMILES string of the molecule is CCC1CCCCCN1c1ncc(Cl)cc1N. The molecular weight excluding hydrogens is 234 g/mol.